The lowest BCUT2D eigenvalue weighted by Gasteiger charge is -2.34. The summed E-state index contributed by atoms with van der Waals surface area (Å²) in [5.74, 6) is 1.37. The molecule has 1 heterocycles. The SMILES string of the molecule is CN(Cc1noc(C(C)(C)C)n1)C1CCCCC1O. The van der Waals surface area contributed by atoms with Gasteiger partial charge in [-0.15, -0.1) is 0 Å². The molecule has 2 rings (SSSR count). The summed E-state index contributed by atoms with van der Waals surface area (Å²) in [7, 11) is 2.02. The smallest absolute Gasteiger partial charge is 0.232 e. The molecule has 108 valence electrons. The first kappa shape index (κ1) is 14.5. The summed E-state index contributed by atoms with van der Waals surface area (Å²) in [4.78, 5) is 6.58. The molecule has 0 spiro atoms. The van der Waals surface area contributed by atoms with Crippen LogP contribution in [0.15, 0.2) is 4.52 Å². The van der Waals surface area contributed by atoms with E-state index in [1.54, 1.807) is 0 Å². The van der Waals surface area contributed by atoms with E-state index in [0.29, 0.717) is 18.3 Å². The highest BCUT2D eigenvalue weighted by atomic mass is 16.5. The molecule has 1 aliphatic rings. The number of aliphatic hydroxyl groups is 1. The zero-order valence-corrected chi connectivity index (χ0v) is 12.4. The van der Waals surface area contributed by atoms with Gasteiger partial charge in [-0.25, -0.2) is 0 Å². The predicted octanol–water partition coefficient (Wildman–Crippen LogP) is 2.10. The highest BCUT2D eigenvalue weighted by molar-refractivity contribution is 4.98. The molecule has 0 aromatic carbocycles. The third-order valence-corrected chi connectivity index (χ3v) is 3.76. The minimum atomic E-state index is -0.229. The maximum atomic E-state index is 10.0. The van der Waals surface area contributed by atoms with Crippen LogP contribution < -0.4 is 0 Å². The second-order valence-corrected chi connectivity index (χ2v) is 6.60. The van der Waals surface area contributed by atoms with Gasteiger partial charge in [-0.3, -0.25) is 4.90 Å². The Hall–Kier alpha value is -0.940. The van der Waals surface area contributed by atoms with E-state index in [1.807, 2.05) is 7.05 Å². The van der Waals surface area contributed by atoms with E-state index in [2.05, 4.69) is 35.8 Å². The second kappa shape index (κ2) is 5.59. The van der Waals surface area contributed by atoms with Crippen molar-refractivity contribution in [2.24, 2.45) is 0 Å². The molecular weight excluding hydrogens is 242 g/mol. The van der Waals surface area contributed by atoms with E-state index in [9.17, 15) is 5.11 Å². The highest BCUT2D eigenvalue weighted by Crippen LogP contribution is 2.24. The van der Waals surface area contributed by atoms with E-state index in [4.69, 9.17) is 4.52 Å². The van der Waals surface area contributed by atoms with Gasteiger partial charge in [0.25, 0.3) is 0 Å². The van der Waals surface area contributed by atoms with Gasteiger partial charge < -0.3 is 9.63 Å². The Morgan fingerprint density at radius 1 is 1.32 bits per heavy atom. The second-order valence-electron chi connectivity index (χ2n) is 6.60. The third-order valence-electron chi connectivity index (χ3n) is 3.76. The lowest BCUT2D eigenvalue weighted by Crippen LogP contribution is -2.43. The number of aliphatic hydroxyl groups excluding tert-OH is 1. The van der Waals surface area contributed by atoms with Crippen molar-refractivity contribution in [3.8, 4) is 0 Å². The first-order valence-corrected chi connectivity index (χ1v) is 7.09. The fourth-order valence-corrected chi connectivity index (χ4v) is 2.57. The summed E-state index contributed by atoms with van der Waals surface area (Å²) < 4.78 is 5.29. The van der Waals surface area contributed by atoms with Crippen molar-refractivity contribution >= 4 is 0 Å². The highest BCUT2D eigenvalue weighted by Gasteiger charge is 2.28. The predicted molar refractivity (Wildman–Crippen MR) is 72.7 cm³/mol. The van der Waals surface area contributed by atoms with Crippen LogP contribution in [0.25, 0.3) is 0 Å². The van der Waals surface area contributed by atoms with Crippen LogP contribution in [0.5, 0.6) is 0 Å². The van der Waals surface area contributed by atoms with Crippen molar-refractivity contribution in [1.82, 2.24) is 15.0 Å². The number of likely N-dealkylation sites (N-methyl/N-ethyl adjacent to an activating group) is 1. The molecule has 5 heteroatoms. The summed E-state index contributed by atoms with van der Waals surface area (Å²) in [6.45, 7) is 6.79. The van der Waals surface area contributed by atoms with E-state index in [0.717, 1.165) is 19.3 Å². The van der Waals surface area contributed by atoms with Crippen molar-refractivity contribution < 1.29 is 9.63 Å². The first-order valence-electron chi connectivity index (χ1n) is 7.09. The fourth-order valence-electron chi connectivity index (χ4n) is 2.57. The van der Waals surface area contributed by atoms with Crippen LogP contribution in [0.4, 0.5) is 0 Å². The van der Waals surface area contributed by atoms with Gasteiger partial charge in [-0.1, -0.05) is 38.8 Å². The van der Waals surface area contributed by atoms with Crippen LogP contribution in [0.3, 0.4) is 0 Å². The summed E-state index contributed by atoms with van der Waals surface area (Å²) >= 11 is 0. The Kier molecular flexibility index (Phi) is 4.26. The molecule has 19 heavy (non-hydrogen) atoms. The molecule has 0 aliphatic heterocycles. The van der Waals surface area contributed by atoms with Gasteiger partial charge in [0, 0.05) is 11.5 Å². The Morgan fingerprint density at radius 3 is 2.58 bits per heavy atom. The average molecular weight is 267 g/mol. The number of hydrogen-bond donors (Lipinski definition) is 1. The Balaban J connectivity index is 1.98. The van der Waals surface area contributed by atoms with Gasteiger partial charge in [0.2, 0.25) is 5.89 Å². The standard InChI is InChI=1S/C14H25N3O2/c1-14(2,3)13-15-12(16-19-13)9-17(4)10-7-5-6-8-11(10)18/h10-11,18H,5-9H2,1-4H3. The molecule has 1 aromatic rings. The van der Waals surface area contributed by atoms with E-state index in [1.165, 1.54) is 6.42 Å². The molecule has 0 radical (unpaired) electrons. The molecular formula is C14H25N3O2. The lowest BCUT2D eigenvalue weighted by molar-refractivity contribution is 0.0275. The fraction of sp³-hybridized carbons (Fsp3) is 0.857. The lowest BCUT2D eigenvalue weighted by atomic mass is 9.91. The largest absolute Gasteiger partial charge is 0.391 e. The maximum absolute atomic E-state index is 10.0. The van der Waals surface area contributed by atoms with Crippen LogP contribution >= 0.6 is 0 Å². The van der Waals surface area contributed by atoms with Gasteiger partial charge in [0.15, 0.2) is 5.82 Å². The minimum Gasteiger partial charge on any atom is -0.391 e. The summed E-state index contributed by atoms with van der Waals surface area (Å²) in [6, 6.07) is 0.213. The van der Waals surface area contributed by atoms with Gasteiger partial charge >= 0.3 is 0 Å². The summed E-state index contributed by atoms with van der Waals surface area (Å²) in [6.07, 6.45) is 4.02. The van der Waals surface area contributed by atoms with Crippen molar-refractivity contribution in [3.63, 3.8) is 0 Å². The Bertz CT molecular complexity index is 411. The van der Waals surface area contributed by atoms with Gasteiger partial charge in [0.05, 0.1) is 12.6 Å². The van der Waals surface area contributed by atoms with Gasteiger partial charge in [0.1, 0.15) is 0 Å². The van der Waals surface area contributed by atoms with Crippen molar-refractivity contribution in [1.29, 1.82) is 0 Å². The maximum Gasteiger partial charge on any atom is 0.232 e. The monoisotopic (exact) mass is 267 g/mol. The van der Waals surface area contributed by atoms with E-state index in [-0.39, 0.29) is 17.6 Å². The van der Waals surface area contributed by atoms with Crippen LogP contribution in [0.2, 0.25) is 0 Å². The van der Waals surface area contributed by atoms with Crippen molar-refractivity contribution in [2.45, 2.75) is 70.6 Å². The average Bonchev–Trinajstić information content (AvgIpc) is 2.77. The molecule has 0 bridgehead atoms. The van der Waals surface area contributed by atoms with Crippen molar-refractivity contribution in [3.05, 3.63) is 11.7 Å². The third kappa shape index (κ3) is 3.54. The van der Waals surface area contributed by atoms with Crippen LogP contribution in [-0.4, -0.2) is 39.3 Å². The number of nitrogens with zero attached hydrogens (tertiary/aromatic N) is 3. The molecule has 1 N–H and O–H groups in total. The molecule has 1 aliphatic carbocycles. The molecule has 0 amide bonds. The van der Waals surface area contributed by atoms with Crippen LogP contribution in [-0.2, 0) is 12.0 Å². The number of aromatic nitrogens is 2. The molecule has 5 nitrogen and oxygen atoms in total. The Morgan fingerprint density at radius 2 is 2.00 bits per heavy atom. The zero-order chi connectivity index (χ0) is 14.0. The summed E-state index contributed by atoms with van der Waals surface area (Å²) in [5.41, 5.74) is -0.117. The number of rotatable bonds is 3. The molecule has 0 saturated heterocycles. The minimum absolute atomic E-state index is 0.117. The van der Waals surface area contributed by atoms with Crippen LogP contribution in [0.1, 0.15) is 58.2 Å². The number of hydrogen-bond acceptors (Lipinski definition) is 5. The molecule has 1 aromatic heterocycles. The summed E-state index contributed by atoms with van der Waals surface area (Å²) in [5, 5.41) is 14.1. The molecule has 2 unspecified atom stereocenters. The van der Waals surface area contributed by atoms with E-state index < -0.39 is 0 Å². The normalized spacial score (nSPS) is 24.9. The quantitative estimate of drug-likeness (QED) is 0.908. The first-order chi connectivity index (χ1) is 8.88. The molecule has 2 atom stereocenters. The van der Waals surface area contributed by atoms with Gasteiger partial charge in [-0.2, -0.15) is 4.98 Å². The topological polar surface area (TPSA) is 62.4 Å². The Labute approximate surface area is 115 Å². The molecule has 1 fully saturated rings. The van der Waals surface area contributed by atoms with Crippen molar-refractivity contribution in [2.75, 3.05) is 7.05 Å². The molecule has 1 saturated carbocycles. The van der Waals surface area contributed by atoms with Gasteiger partial charge in [-0.05, 0) is 19.9 Å². The zero-order valence-electron chi connectivity index (χ0n) is 12.4. The van der Waals surface area contributed by atoms with E-state index >= 15 is 0 Å². The van der Waals surface area contributed by atoms with Crippen LogP contribution in [0, 0.1) is 0 Å².